The van der Waals surface area contributed by atoms with E-state index in [4.69, 9.17) is 4.52 Å². The Morgan fingerprint density at radius 3 is 2.55 bits per heavy atom. The first-order valence-electron chi connectivity index (χ1n) is 11.4. The molecule has 4 aromatic heterocycles. The molecule has 9 nitrogen and oxygen atoms in total. The van der Waals surface area contributed by atoms with Gasteiger partial charge in [0, 0.05) is 35.4 Å². The zero-order valence-corrected chi connectivity index (χ0v) is 19.6. The van der Waals surface area contributed by atoms with Gasteiger partial charge in [-0.25, -0.2) is 18.9 Å². The van der Waals surface area contributed by atoms with Crippen LogP contribution < -0.4 is 5.32 Å². The van der Waals surface area contributed by atoms with E-state index in [0.29, 0.717) is 34.3 Å². The molecule has 1 fully saturated rings. The lowest BCUT2D eigenvalue weighted by molar-refractivity contribution is -0.144. The summed E-state index contributed by atoms with van der Waals surface area (Å²) in [7, 11) is 0. The summed E-state index contributed by atoms with van der Waals surface area (Å²) >= 11 is 0. The molecule has 1 N–H and O–H groups in total. The zero-order valence-electron chi connectivity index (χ0n) is 19.6. The van der Waals surface area contributed by atoms with E-state index in [1.165, 1.54) is 10.7 Å². The molecule has 1 aliphatic carbocycles. The van der Waals surface area contributed by atoms with E-state index in [0.717, 1.165) is 18.0 Å². The maximum Gasteiger partial charge on any atom is 0.451 e. The molecule has 192 valence electrons. The summed E-state index contributed by atoms with van der Waals surface area (Å²) in [6.45, 7) is 1.82. The number of fused-ring (bicyclic) bond motifs is 1. The van der Waals surface area contributed by atoms with Gasteiger partial charge < -0.3 is 9.84 Å². The molecule has 0 radical (unpaired) electrons. The highest BCUT2D eigenvalue weighted by atomic mass is 19.4. The Hall–Kier alpha value is -4.68. The molecular weight excluding hydrogens is 506 g/mol. The first-order chi connectivity index (χ1) is 18.2. The van der Waals surface area contributed by atoms with Gasteiger partial charge in [-0.3, -0.25) is 4.79 Å². The molecule has 0 spiro atoms. The predicted molar refractivity (Wildman–Crippen MR) is 126 cm³/mol. The second-order valence-electron chi connectivity index (χ2n) is 8.89. The van der Waals surface area contributed by atoms with Crippen molar-refractivity contribution in [3.8, 4) is 22.5 Å². The maximum absolute atomic E-state index is 13.3. The summed E-state index contributed by atoms with van der Waals surface area (Å²) < 4.78 is 58.4. The Morgan fingerprint density at radius 2 is 1.84 bits per heavy atom. The van der Waals surface area contributed by atoms with Crippen LogP contribution in [0.15, 0.2) is 59.6 Å². The third kappa shape index (κ3) is 4.35. The van der Waals surface area contributed by atoms with Crippen LogP contribution in [0.3, 0.4) is 0 Å². The SMILES string of the molecule is Cc1ccc(-c2noc([C@H]3C[C@@H]3F)n2)cc1NC(=O)c1cnn2ccc(-c3cnc(C(F)(F)F)nc3)cc12. The minimum Gasteiger partial charge on any atom is -0.339 e. The van der Waals surface area contributed by atoms with Crippen molar-refractivity contribution in [3.05, 3.63) is 78.0 Å². The zero-order chi connectivity index (χ0) is 26.6. The van der Waals surface area contributed by atoms with Crippen LogP contribution in [-0.4, -0.2) is 41.8 Å². The maximum atomic E-state index is 13.3. The average molecular weight is 523 g/mol. The van der Waals surface area contributed by atoms with Crippen molar-refractivity contribution in [2.45, 2.75) is 31.6 Å². The molecule has 5 aromatic rings. The summed E-state index contributed by atoms with van der Waals surface area (Å²) in [6.07, 6.45) is -0.111. The third-order valence-electron chi connectivity index (χ3n) is 6.22. The second kappa shape index (κ2) is 8.71. The summed E-state index contributed by atoms with van der Waals surface area (Å²) in [6, 6.07) is 8.50. The molecule has 1 aromatic carbocycles. The molecule has 0 saturated heterocycles. The molecule has 2 atom stereocenters. The molecular formula is C25H17F4N7O2. The Morgan fingerprint density at radius 1 is 1.08 bits per heavy atom. The van der Waals surface area contributed by atoms with Crippen molar-refractivity contribution < 1.29 is 26.9 Å². The largest absolute Gasteiger partial charge is 0.451 e. The molecule has 0 bridgehead atoms. The van der Waals surface area contributed by atoms with Crippen molar-refractivity contribution >= 4 is 17.1 Å². The van der Waals surface area contributed by atoms with Crippen LogP contribution in [0.1, 0.15) is 40.0 Å². The number of pyridine rings is 1. The third-order valence-corrected chi connectivity index (χ3v) is 6.22. The van der Waals surface area contributed by atoms with Gasteiger partial charge in [0.25, 0.3) is 5.91 Å². The highest BCUT2D eigenvalue weighted by Gasteiger charge is 2.43. The monoisotopic (exact) mass is 523 g/mol. The van der Waals surface area contributed by atoms with E-state index < -0.39 is 24.1 Å². The molecule has 1 amide bonds. The molecule has 6 rings (SSSR count). The first kappa shape index (κ1) is 23.7. The number of benzene rings is 1. The van der Waals surface area contributed by atoms with Gasteiger partial charge in [0.1, 0.15) is 6.17 Å². The van der Waals surface area contributed by atoms with Gasteiger partial charge in [-0.15, -0.1) is 0 Å². The highest BCUT2D eigenvalue weighted by molar-refractivity contribution is 6.09. The summed E-state index contributed by atoms with van der Waals surface area (Å²) in [4.78, 5) is 24.3. The summed E-state index contributed by atoms with van der Waals surface area (Å²) in [5.41, 5.74) is 3.40. The lowest BCUT2D eigenvalue weighted by Crippen LogP contribution is -2.12. The quantitative estimate of drug-likeness (QED) is 0.314. The predicted octanol–water partition coefficient (Wildman–Crippen LogP) is 5.25. The van der Waals surface area contributed by atoms with Gasteiger partial charge in [-0.05, 0) is 42.7 Å². The number of rotatable bonds is 5. The van der Waals surface area contributed by atoms with Crippen molar-refractivity contribution in [2.24, 2.45) is 0 Å². The number of anilines is 1. The van der Waals surface area contributed by atoms with Crippen LogP contribution in [0.25, 0.3) is 28.0 Å². The van der Waals surface area contributed by atoms with E-state index in [1.54, 1.807) is 36.5 Å². The van der Waals surface area contributed by atoms with Crippen molar-refractivity contribution in [1.82, 2.24) is 29.7 Å². The number of carbonyl (C=O) groups excluding carboxylic acids is 1. The number of hydrogen-bond donors (Lipinski definition) is 1. The molecule has 1 saturated carbocycles. The number of hydrogen-bond acceptors (Lipinski definition) is 7. The average Bonchev–Trinajstić information content (AvgIpc) is 3.28. The molecule has 0 aliphatic heterocycles. The Labute approximate surface area is 211 Å². The fourth-order valence-corrected chi connectivity index (χ4v) is 3.97. The Balaban J connectivity index is 1.27. The normalized spacial score (nSPS) is 17.1. The van der Waals surface area contributed by atoms with Crippen LogP contribution in [0.5, 0.6) is 0 Å². The van der Waals surface area contributed by atoms with Gasteiger partial charge in [-0.2, -0.15) is 23.3 Å². The second-order valence-corrected chi connectivity index (χ2v) is 8.89. The number of alkyl halides is 4. The molecule has 38 heavy (non-hydrogen) atoms. The van der Waals surface area contributed by atoms with Crippen molar-refractivity contribution in [2.75, 3.05) is 5.32 Å². The van der Waals surface area contributed by atoms with Crippen LogP contribution >= 0.6 is 0 Å². The van der Waals surface area contributed by atoms with Gasteiger partial charge >= 0.3 is 6.18 Å². The number of aryl methyl sites for hydroxylation is 1. The van der Waals surface area contributed by atoms with Gasteiger partial charge in [0.15, 0.2) is 0 Å². The molecule has 1 aliphatic rings. The van der Waals surface area contributed by atoms with Gasteiger partial charge in [0.05, 0.1) is 23.2 Å². The fraction of sp³-hybridized carbons (Fsp3) is 0.200. The molecule has 13 heteroatoms. The van der Waals surface area contributed by atoms with E-state index in [2.05, 4.69) is 30.5 Å². The van der Waals surface area contributed by atoms with Crippen LogP contribution in [0.2, 0.25) is 0 Å². The summed E-state index contributed by atoms with van der Waals surface area (Å²) in [5, 5.41) is 11.0. The fourth-order valence-electron chi connectivity index (χ4n) is 3.97. The van der Waals surface area contributed by atoms with Crippen LogP contribution in [0.4, 0.5) is 23.2 Å². The highest BCUT2D eigenvalue weighted by Crippen LogP contribution is 2.43. The minimum atomic E-state index is -4.64. The van der Waals surface area contributed by atoms with E-state index in [9.17, 15) is 22.4 Å². The number of carbonyl (C=O) groups is 1. The molecule has 4 heterocycles. The van der Waals surface area contributed by atoms with E-state index in [-0.39, 0.29) is 23.2 Å². The Kier molecular flexibility index (Phi) is 5.44. The Bertz CT molecular complexity index is 1680. The van der Waals surface area contributed by atoms with Crippen molar-refractivity contribution in [1.29, 1.82) is 0 Å². The summed E-state index contributed by atoms with van der Waals surface area (Å²) in [5.74, 6) is -1.52. The van der Waals surface area contributed by atoms with E-state index >= 15 is 0 Å². The van der Waals surface area contributed by atoms with Gasteiger partial charge in [0.2, 0.25) is 17.5 Å². The standard InChI is InChI=1S/C25H17F4N7O2/c1-12-2-3-14(21-34-23(38-35-21)16-8-18(16)26)6-19(12)33-22(37)17-11-32-36-5-4-13(7-20(17)36)15-9-30-24(31-10-15)25(27,28)29/h2-7,9-11,16,18H,8H2,1H3,(H,33,37)/t16-,18-/m0/s1. The van der Waals surface area contributed by atoms with Crippen molar-refractivity contribution in [3.63, 3.8) is 0 Å². The van der Waals surface area contributed by atoms with E-state index in [1.807, 2.05) is 6.92 Å². The number of nitrogens with one attached hydrogen (secondary N) is 1. The van der Waals surface area contributed by atoms with Gasteiger partial charge in [-0.1, -0.05) is 17.3 Å². The number of amides is 1. The van der Waals surface area contributed by atoms with Crippen LogP contribution in [0, 0.1) is 6.92 Å². The first-order valence-corrected chi connectivity index (χ1v) is 11.4. The molecule has 0 unspecified atom stereocenters. The topological polar surface area (TPSA) is 111 Å². The lowest BCUT2D eigenvalue weighted by atomic mass is 10.1. The minimum absolute atomic E-state index is 0.244. The smallest absolute Gasteiger partial charge is 0.339 e. The number of halogens is 4. The number of nitrogens with zero attached hydrogens (tertiary/aromatic N) is 6. The lowest BCUT2D eigenvalue weighted by Gasteiger charge is -2.09. The number of aromatic nitrogens is 6. The van der Waals surface area contributed by atoms with Crippen LogP contribution in [-0.2, 0) is 6.18 Å².